The second kappa shape index (κ2) is 4.24. The third-order valence-electron chi connectivity index (χ3n) is 5.52. The van der Waals surface area contributed by atoms with Crippen LogP contribution in [-0.2, 0) is 0 Å². The van der Waals surface area contributed by atoms with Gasteiger partial charge in [-0.05, 0) is 62.7 Å². The molecule has 2 fully saturated rings. The van der Waals surface area contributed by atoms with Gasteiger partial charge in [-0.2, -0.15) is 0 Å². The quantitative estimate of drug-likeness (QED) is 0.738. The van der Waals surface area contributed by atoms with Gasteiger partial charge < -0.3 is 10.8 Å². The number of rotatable bonds is 1. The fourth-order valence-corrected chi connectivity index (χ4v) is 3.58. The first-order valence-corrected chi connectivity index (χ1v) is 7.28. The van der Waals surface area contributed by atoms with Gasteiger partial charge in [-0.25, -0.2) is 0 Å². The molecule has 3 N–H and O–H groups in total. The van der Waals surface area contributed by atoms with Gasteiger partial charge in [0.05, 0.1) is 5.60 Å². The van der Waals surface area contributed by atoms with Crippen molar-refractivity contribution in [1.29, 1.82) is 0 Å². The van der Waals surface area contributed by atoms with Gasteiger partial charge >= 0.3 is 0 Å². The van der Waals surface area contributed by atoms with E-state index in [2.05, 4.69) is 20.8 Å². The molecule has 17 heavy (non-hydrogen) atoms. The molecule has 0 bridgehead atoms. The Balaban J connectivity index is 2.06. The maximum absolute atomic E-state index is 10.9. The van der Waals surface area contributed by atoms with Crippen LogP contribution in [0.4, 0.5) is 0 Å². The van der Waals surface area contributed by atoms with E-state index in [1.165, 1.54) is 0 Å². The predicted molar refractivity (Wildman–Crippen MR) is 71.7 cm³/mol. The average molecular weight is 239 g/mol. The van der Waals surface area contributed by atoms with Gasteiger partial charge in [-0.1, -0.05) is 20.8 Å². The topological polar surface area (TPSA) is 46.2 Å². The Morgan fingerprint density at radius 3 is 1.88 bits per heavy atom. The minimum atomic E-state index is -0.587. The highest BCUT2D eigenvalue weighted by Gasteiger charge is 2.50. The first kappa shape index (κ1) is 13.4. The van der Waals surface area contributed by atoms with Crippen molar-refractivity contribution in [2.75, 3.05) is 0 Å². The maximum atomic E-state index is 10.9. The standard InChI is InChI=1S/C15H29NO/c1-12-4-6-15(17,7-5-12)14(16)10-8-13(2,3)9-11-14/h12,17H,4-11,16H2,1-3H3. The summed E-state index contributed by atoms with van der Waals surface area (Å²) in [5, 5.41) is 10.9. The van der Waals surface area contributed by atoms with E-state index in [1.54, 1.807) is 0 Å². The first-order chi connectivity index (χ1) is 7.77. The summed E-state index contributed by atoms with van der Waals surface area (Å²) in [6.07, 6.45) is 8.38. The van der Waals surface area contributed by atoms with Crippen LogP contribution in [0.5, 0.6) is 0 Å². The molecule has 0 aromatic heterocycles. The summed E-state index contributed by atoms with van der Waals surface area (Å²) in [4.78, 5) is 0. The second-order valence-corrected chi connectivity index (χ2v) is 7.53. The van der Waals surface area contributed by atoms with Crippen LogP contribution in [0.3, 0.4) is 0 Å². The van der Waals surface area contributed by atoms with Crippen molar-refractivity contribution in [1.82, 2.24) is 0 Å². The van der Waals surface area contributed by atoms with E-state index in [1.807, 2.05) is 0 Å². The van der Waals surface area contributed by atoms with Gasteiger partial charge in [0, 0.05) is 5.54 Å². The highest BCUT2D eigenvalue weighted by Crippen LogP contribution is 2.48. The Morgan fingerprint density at radius 2 is 1.41 bits per heavy atom. The molecule has 2 aliphatic carbocycles. The van der Waals surface area contributed by atoms with Gasteiger partial charge in [-0.3, -0.25) is 0 Å². The summed E-state index contributed by atoms with van der Waals surface area (Å²) >= 11 is 0. The molecule has 0 aliphatic heterocycles. The smallest absolute Gasteiger partial charge is 0.0826 e. The molecule has 2 heteroatoms. The van der Waals surface area contributed by atoms with Gasteiger partial charge in [0.25, 0.3) is 0 Å². The van der Waals surface area contributed by atoms with Gasteiger partial charge in [0.2, 0.25) is 0 Å². The minimum absolute atomic E-state index is 0.317. The SMILES string of the molecule is CC1CCC(O)(C2(N)CCC(C)(C)CC2)CC1. The van der Waals surface area contributed by atoms with E-state index in [0.717, 1.165) is 57.3 Å². The molecule has 0 unspecified atom stereocenters. The fraction of sp³-hybridized carbons (Fsp3) is 1.00. The van der Waals surface area contributed by atoms with Crippen LogP contribution >= 0.6 is 0 Å². The van der Waals surface area contributed by atoms with Crippen molar-refractivity contribution >= 4 is 0 Å². The zero-order valence-electron chi connectivity index (χ0n) is 11.8. The molecule has 0 atom stereocenters. The van der Waals surface area contributed by atoms with Gasteiger partial charge in [0.15, 0.2) is 0 Å². The zero-order valence-corrected chi connectivity index (χ0v) is 11.8. The Hall–Kier alpha value is -0.0800. The van der Waals surface area contributed by atoms with Crippen LogP contribution in [-0.4, -0.2) is 16.2 Å². The molecule has 0 heterocycles. The lowest BCUT2D eigenvalue weighted by Gasteiger charge is -2.52. The first-order valence-electron chi connectivity index (χ1n) is 7.28. The molecule has 0 aromatic rings. The molecular formula is C15H29NO. The second-order valence-electron chi connectivity index (χ2n) is 7.53. The number of hydrogen-bond acceptors (Lipinski definition) is 2. The summed E-state index contributed by atoms with van der Waals surface area (Å²) < 4.78 is 0. The van der Waals surface area contributed by atoms with Crippen molar-refractivity contribution in [3.63, 3.8) is 0 Å². The third kappa shape index (κ3) is 2.53. The van der Waals surface area contributed by atoms with Crippen molar-refractivity contribution < 1.29 is 5.11 Å². The minimum Gasteiger partial charge on any atom is -0.388 e. The highest BCUT2D eigenvalue weighted by molar-refractivity contribution is 5.08. The Morgan fingerprint density at radius 1 is 0.941 bits per heavy atom. The molecule has 2 saturated carbocycles. The van der Waals surface area contributed by atoms with Crippen LogP contribution in [0, 0.1) is 11.3 Å². The van der Waals surface area contributed by atoms with E-state index < -0.39 is 5.60 Å². The summed E-state index contributed by atoms with van der Waals surface area (Å²) in [5.41, 5.74) is 6.10. The number of aliphatic hydroxyl groups is 1. The monoisotopic (exact) mass is 239 g/mol. The van der Waals surface area contributed by atoms with Gasteiger partial charge in [0.1, 0.15) is 0 Å². The van der Waals surface area contributed by atoms with Crippen LogP contribution in [0.2, 0.25) is 0 Å². The Kier molecular flexibility index (Phi) is 3.33. The lowest BCUT2D eigenvalue weighted by atomic mass is 9.59. The summed E-state index contributed by atoms with van der Waals surface area (Å²) in [7, 11) is 0. The van der Waals surface area contributed by atoms with Crippen LogP contribution in [0.25, 0.3) is 0 Å². The van der Waals surface area contributed by atoms with E-state index >= 15 is 0 Å². The lowest BCUT2D eigenvalue weighted by Crippen LogP contribution is -2.63. The molecule has 2 nitrogen and oxygen atoms in total. The molecular weight excluding hydrogens is 210 g/mol. The molecule has 2 aliphatic rings. The van der Waals surface area contributed by atoms with Crippen molar-refractivity contribution in [2.24, 2.45) is 17.1 Å². The zero-order chi connectivity index (χ0) is 12.7. The fourth-order valence-electron chi connectivity index (χ4n) is 3.58. The molecule has 0 radical (unpaired) electrons. The maximum Gasteiger partial charge on any atom is 0.0826 e. The molecule has 100 valence electrons. The van der Waals surface area contributed by atoms with E-state index in [0.29, 0.717) is 5.41 Å². The molecule has 2 rings (SSSR count). The Labute approximate surface area is 106 Å². The van der Waals surface area contributed by atoms with Crippen molar-refractivity contribution in [3.05, 3.63) is 0 Å². The number of hydrogen-bond donors (Lipinski definition) is 2. The van der Waals surface area contributed by atoms with E-state index in [-0.39, 0.29) is 5.54 Å². The molecule has 0 saturated heterocycles. The van der Waals surface area contributed by atoms with Crippen LogP contribution in [0.15, 0.2) is 0 Å². The normalized spacial score (nSPS) is 41.1. The van der Waals surface area contributed by atoms with Crippen molar-refractivity contribution in [3.8, 4) is 0 Å². The molecule has 0 amide bonds. The lowest BCUT2D eigenvalue weighted by molar-refractivity contribution is -0.0939. The predicted octanol–water partition coefficient (Wildman–Crippen LogP) is 3.23. The number of nitrogens with two attached hydrogens (primary N) is 1. The summed E-state index contributed by atoms with van der Waals surface area (Å²) in [6, 6.07) is 0. The largest absolute Gasteiger partial charge is 0.388 e. The third-order valence-corrected chi connectivity index (χ3v) is 5.52. The molecule has 0 spiro atoms. The van der Waals surface area contributed by atoms with E-state index in [4.69, 9.17) is 5.73 Å². The van der Waals surface area contributed by atoms with Gasteiger partial charge in [-0.15, -0.1) is 0 Å². The highest BCUT2D eigenvalue weighted by atomic mass is 16.3. The van der Waals surface area contributed by atoms with Crippen LogP contribution < -0.4 is 5.73 Å². The van der Waals surface area contributed by atoms with Crippen molar-refractivity contribution in [2.45, 2.75) is 83.3 Å². The average Bonchev–Trinajstić information content (AvgIpc) is 2.27. The Bertz CT molecular complexity index is 267. The van der Waals surface area contributed by atoms with E-state index in [9.17, 15) is 5.11 Å². The van der Waals surface area contributed by atoms with Crippen LogP contribution in [0.1, 0.15) is 72.1 Å². The summed E-state index contributed by atoms with van der Waals surface area (Å²) in [5.74, 6) is 0.763. The molecule has 0 aromatic carbocycles. The summed E-state index contributed by atoms with van der Waals surface area (Å²) in [6.45, 7) is 6.92.